The van der Waals surface area contributed by atoms with E-state index >= 15 is 0 Å². The summed E-state index contributed by atoms with van der Waals surface area (Å²) in [5, 5.41) is 13.6. The van der Waals surface area contributed by atoms with Gasteiger partial charge in [-0.2, -0.15) is 18.3 Å². The molecule has 4 rings (SSSR count). The van der Waals surface area contributed by atoms with Crippen molar-refractivity contribution < 1.29 is 27.8 Å². The van der Waals surface area contributed by atoms with E-state index in [1.807, 2.05) is 4.90 Å². The molecule has 33 heavy (non-hydrogen) atoms. The molecule has 1 heterocycles. The maximum Gasteiger partial charge on any atom is 0.416 e. The highest BCUT2D eigenvalue weighted by molar-refractivity contribution is 5.95. The lowest BCUT2D eigenvalue weighted by molar-refractivity contribution is -0.137. The van der Waals surface area contributed by atoms with Crippen LogP contribution < -0.4 is 15.1 Å². The molecule has 0 saturated heterocycles. The second kappa shape index (κ2) is 8.85. The van der Waals surface area contributed by atoms with Crippen LogP contribution in [0, 0.1) is 0 Å². The average molecular weight is 455 g/mol. The summed E-state index contributed by atoms with van der Waals surface area (Å²) in [4.78, 5) is 14.3. The lowest BCUT2D eigenvalue weighted by atomic mass is 10.1. The van der Waals surface area contributed by atoms with Crippen molar-refractivity contribution in [1.29, 1.82) is 0 Å². The molecular formula is C24H20F3N3O3. The van der Waals surface area contributed by atoms with Crippen LogP contribution in [0.4, 0.5) is 18.9 Å². The van der Waals surface area contributed by atoms with Crippen LogP contribution in [0.5, 0.6) is 11.5 Å². The average Bonchev–Trinajstić information content (AvgIpc) is 3.23. The molecule has 0 atom stereocenters. The molecule has 0 bridgehead atoms. The number of carbonyl (C=O) groups excluding carboxylic acids is 1. The molecule has 6 nitrogen and oxygen atoms in total. The molecule has 9 heteroatoms. The van der Waals surface area contributed by atoms with Crippen molar-refractivity contribution in [2.24, 2.45) is 5.10 Å². The largest absolute Gasteiger partial charge is 0.504 e. The number of alkyl halides is 3. The predicted octanol–water partition coefficient (Wildman–Crippen LogP) is 4.70. The van der Waals surface area contributed by atoms with Crippen LogP contribution in [0.3, 0.4) is 0 Å². The van der Waals surface area contributed by atoms with Gasteiger partial charge in [-0.3, -0.25) is 4.79 Å². The number of methoxy groups -OCH3 is 1. The zero-order valence-corrected chi connectivity index (χ0v) is 17.6. The van der Waals surface area contributed by atoms with E-state index in [1.165, 1.54) is 25.5 Å². The number of nitrogens with zero attached hydrogens (tertiary/aromatic N) is 2. The maximum absolute atomic E-state index is 13.0. The highest BCUT2D eigenvalue weighted by Gasteiger charge is 2.31. The minimum absolute atomic E-state index is 0.00370. The molecule has 0 aromatic heterocycles. The van der Waals surface area contributed by atoms with Gasteiger partial charge in [-0.15, -0.1) is 0 Å². The molecule has 0 fully saturated rings. The number of amides is 1. The summed E-state index contributed by atoms with van der Waals surface area (Å²) in [6.07, 6.45) is -2.98. The number of hydrogen-bond donors (Lipinski definition) is 2. The molecule has 1 aliphatic rings. The maximum atomic E-state index is 13.0. The van der Waals surface area contributed by atoms with Gasteiger partial charge in [-0.1, -0.05) is 12.1 Å². The lowest BCUT2D eigenvalue weighted by Crippen LogP contribution is -2.18. The van der Waals surface area contributed by atoms with Gasteiger partial charge in [0.2, 0.25) is 0 Å². The molecular weight excluding hydrogens is 435 g/mol. The van der Waals surface area contributed by atoms with E-state index in [9.17, 15) is 23.1 Å². The van der Waals surface area contributed by atoms with E-state index in [2.05, 4.69) is 10.5 Å². The van der Waals surface area contributed by atoms with E-state index in [0.29, 0.717) is 29.9 Å². The molecule has 2 N–H and O–H groups in total. The summed E-state index contributed by atoms with van der Waals surface area (Å²) in [7, 11) is 1.43. The summed E-state index contributed by atoms with van der Waals surface area (Å²) >= 11 is 0. The first kappa shape index (κ1) is 22.2. The van der Waals surface area contributed by atoms with Gasteiger partial charge in [-0.25, -0.2) is 5.43 Å². The number of anilines is 1. The Hall–Kier alpha value is -4.01. The summed E-state index contributed by atoms with van der Waals surface area (Å²) in [5.74, 6) is -0.137. The molecule has 0 radical (unpaired) electrons. The number of hydrazone groups is 1. The van der Waals surface area contributed by atoms with Crippen molar-refractivity contribution in [3.63, 3.8) is 0 Å². The molecule has 3 aromatic carbocycles. The second-order valence-corrected chi connectivity index (χ2v) is 7.52. The number of benzene rings is 3. The molecule has 0 saturated carbocycles. The Morgan fingerprint density at radius 3 is 2.64 bits per heavy atom. The number of fused-ring (bicyclic) bond motifs is 1. The minimum atomic E-state index is -4.40. The SMILES string of the molecule is COc1cc(/C=N\NC(=O)c2ccc3c(c2)CN(c2cccc(C(F)(F)F)c2)C3)ccc1O. The van der Waals surface area contributed by atoms with Gasteiger partial charge >= 0.3 is 6.18 Å². The first-order chi connectivity index (χ1) is 15.7. The van der Waals surface area contributed by atoms with Crippen LogP contribution in [0.2, 0.25) is 0 Å². The number of aromatic hydroxyl groups is 1. The molecule has 0 spiro atoms. The van der Waals surface area contributed by atoms with Crippen LogP contribution in [-0.2, 0) is 19.3 Å². The Morgan fingerprint density at radius 1 is 1.09 bits per heavy atom. The fraction of sp³-hybridized carbons (Fsp3) is 0.167. The first-order valence-electron chi connectivity index (χ1n) is 9.99. The number of hydrogen-bond acceptors (Lipinski definition) is 5. The van der Waals surface area contributed by atoms with Crippen LogP contribution in [0.1, 0.15) is 32.6 Å². The number of phenolic OH excluding ortho intramolecular Hbond substituents is 1. The number of rotatable bonds is 5. The highest BCUT2D eigenvalue weighted by Crippen LogP contribution is 2.34. The van der Waals surface area contributed by atoms with Crippen molar-refractivity contribution in [2.75, 3.05) is 12.0 Å². The normalized spacial score (nSPS) is 13.3. The van der Waals surface area contributed by atoms with Crippen molar-refractivity contribution >= 4 is 17.8 Å². The van der Waals surface area contributed by atoms with Crippen molar-refractivity contribution in [2.45, 2.75) is 19.3 Å². The quantitative estimate of drug-likeness (QED) is 0.432. The number of carbonyl (C=O) groups is 1. The summed E-state index contributed by atoms with van der Waals surface area (Å²) < 4.78 is 44.1. The van der Waals surface area contributed by atoms with Gasteiger partial charge in [0.25, 0.3) is 5.91 Å². The monoisotopic (exact) mass is 455 g/mol. The predicted molar refractivity (Wildman–Crippen MR) is 117 cm³/mol. The number of halogens is 3. The van der Waals surface area contributed by atoms with E-state index < -0.39 is 17.6 Å². The van der Waals surface area contributed by atoms with Gasteiger partial charge in [0.15, 0.2) is 11.5 Å². The van der Waals surface area contributed by atoms with Crippen LogP contribution in [-0.4, -0.2) is 24.3 Å². The third-order valence-electron chi connectivity index (χ3n) is 5.31. The van der Waals surface area contributed by atoms with E-state index in [1.54, 1.807) is 36.4 Å². The highest BCUT2D eigenvalue weighted by atomic mass is 19.4. The summed E-state index contributed by atoms with van der Waals surface area (Å²) in [6, 6.07) is 15.0. The summed E-state index contributed by atoms with van der Waals surface area (Å²) in [6.45, 7) is 0.855. The number of phenols is 1. The van der Waals surface area contributed by atoms with Gasteiger partial charge in [0.05, 0.1) is 18.9 Å². The van der Waals surface area contributed by atoms with Crippen LogP contribution in [0.25, 0.3) is 0 Å². The smallest absolute Gasteiger partial charge is 0.416 e. The molecule has 0 aliphatic carbocycles. The zero-order valence-electron chi connectivity index (χ0n) is 17.6. The molecule has 3 aromatic rings. The summed E-state index contributed by atoms with van der Waals surface area (Å²) in [5.41, 5.74) is 5.05. The Morgan fingerprint density at radius 2 is 1.88 bits per heavy atom. The Bertz CT molecular complexity index is 1230. The number of ether oxygens (including phenoxy) is 1. The van der Waals surface area contributed by atoms with Crippen LogP contribution in [0.15, 0.2) is 65.8 Å². The van der Waals surface area contributed by atoms with Crippen LogP contribution >= 0.6 is 0 Å². The third-order valence-corrected chi connectivity index (χ3v) is 5.31. The third kappa shape index (κ3) is 4.92. The zero-order chi connectivity index (χ0) is 23.6. The molecule has 1 aliphatic heterocycles. The van der Waals surface area contributed by atoms with Crippen molar-refractivity contribution in [3.8, 4) is 11.5 Å². The van der Waals surface area contributed by atoms with E-state index in [-0.39, 0.29) is 11.5 Å². The molecule has 0 unspecified atom stereocenters. The van der Waals surface area contributed by atoms with Gasteiger partial charge in [0.1, 0.15) is 0 Å². The number of nitrogens with one attached hydrogen (secondary N) is 1. The van der Waals surface area contributed by atoms with Gasteiger partial charge in [-0.05, 0) is 65.2 Å². The van der Waals surface area contributed by atoms with Crippen molar-refractivity contribution in [1.82, 2.24) is 5.43 Å². The molecule has 170 valence electrons. The Balaban J connectivity index is 1.43. The fourth-order valence-electron chi connectivity index (χ4n) is 3.60. The van der Waals surface area contributed by atoms with E-state index in [4.69, 9.17) is 4.74 Å². The lowest BCUT2D eigenvalue weighted by Gasteiger charge is -2.19. The standard InChI is InChI=1S/C24H20F3N3O3/c1-33-22-9-15(5-8-21(22)31)12-28-29-23(32)16-6-7-17-13-30(14-18(17)10-16)20-4-2-3-19(11-20)24(25,26)27/h2-12,31H,13-14H2,1H3,(H,29,32)/b28-12-. The van der Waals surface area contributed by atoms with Gasteiger partial charge in [0, 0.05) is 24.3 Å². The minimum Gasteiger partial charge on any atom is -0.504 e. The topological polar surface area (TPSA) is 74.2 Å². The second-order valence-electron chi connectivity index (χ2n) is 7.52. The van der Waals surface area contributed by atoms with Crippen molar-refractivity contribution in [3.05, 3.63) is 88.5 Å². The molecule has 1 amide bonds. The van der Waals surface area contributed by atoms with Gasteiger partial charge < -0.3 is 14.7 Å². The first-order valence-corrected chi connectivity index (χ1v) is 9.99. The Kier molecular flexibility index (Phi) is 5.95. The van der Waals surface area contributed by atoms with E-state index in [0.717, 1.165) is 23.3 Å². The Labute approximate surface area is 187 Å². The fourth-order valence-corrected chi connectivity index (χ4v) is 3.60.